The molecule has 1 heterocycles. The Bertz CT molecular complexity index is 892. The minimum Gasteiger partial charge on any atom is -0.352 e. The fourth-order valence-electron chi connectivity index (χ4n) is 2.74. The molecular weight excluding hydrogens is 388 g/mol. The monoisotopic (exact) mass is 412 g/mol. The van der Waals surface area contributed by atoms with Crippen molar-refractivity contribution in [2.45, 2.75) is 38.6 Å². The third kappa shape index (κ3) is 5.09. The summed E-state index contributed by atoms with van der Waals surface area (Å²) >= 11 is 6.12. The normalized spacial score (nSPS) is 11.7. The SMILES string of the molecule is CCN(CC)S(=O)(=O)c1ccc(Cl)c(C(=O)NCCCn2ccnc2C)c1. The number of amides is 1. The van der Waals surface area contributed by atoms with Gasteiger partial charge in [-0.2, -0.15) is 4.31 Å². The van der Waals surface area contributed by atoms with E-state index in [4.69, 9.17) is 11.6 Å². The molecule has 1 aromatic heterocycles. The zero-order valence-electron chi connectivity index (χ0n) is 15.8. The van der Waals surface area contributed by atoms with E-state index in [2.05, 4.69) is 10.3 Å². The van der Waals surface area contributed by atoms with Gasteiger partial charge in [-0.25, -0.2) is 13.4 Å². The number of nitrogens with zero attached hydrogens (tertiary/aromatic N) is 3. The van der Waals surface area contributed by atoms with Crippen molar-refractivity contribution in [2.75, 3.05) is 19.6 Å². The van der Waals surface area contributed by atoms with Gasteiger partial charge in [-0.1, -0.05) is 25.4 Å². The Morgan fingerprint density at radius 1 is 1.30 bits per heavy atom. The smallest absolute Gasteiger partial charge is 0.252 e. The lowest BCUT2D eigenvalue weighted by molar-refractivity contribution is 0.0952. The predicted octanol–water partition coefficient (Wildman–Crippen LogP) is 2.70. The molecule has 0 saturated carbocycles. The first-order valence-electron chi connectivity index (χ1n) is 8.86. The Morgan fingerprint density at radius 3 is 2.59 bits per heavy atom. The molecule has 1 amide bonds. The van der Waals surface area contributed by atoms with E-state index in [1.165, 1.54) is 22.5 Å². The predicted molar refractivity (Wildman–Crippen MR) is 105 cm³/mol. The molecule has 1 aromatic carbocycles. The number of hydrogen-bond acceptors (Lipinski definition) is 4. The van der Waals surface area contributed by atoms with Crippen LogP contribution in [0.5, 0.6) is 0 Å². The number of nitrogens with one attached hydrogen (secondary N) is 1. The number of aryl methyl sites for hydroxylation is 2. The van der Waals surface area contributed by atoms with Crippen molar-refractivity contribution < 1.29 is 13.2 Å². The van der Waals surface area contributed by atoms with Gasteiger partial charge >= 0.3 is 0 Å². The lowest BCUT2D eigenvalue weighted by Crippen LogP contribution is -2.31. The van der Waals surface area contributed by atoms with Gasteiger partial charge in [-0.05, 0) is 31.5 Å². The van der Waals surface area contributed by atoms with Gasteiger partial charge in [0.15, 0.2) is 0 Å². The highest BCUT2D eigenvalue weighted by Gasteiger charge is 2.23. The van der Waals surface area contributed by atoms with E-state index >= 15 is 0 Å². The zero-order valence-corrected chi connectivity index (χ0v) is 17.3. The van der Waals surface area contributed by atoms with E-state index in [0.717, 1.165) is 18.8 Å². The van der Waals surface area contributed by atoms with Crippen LogP contribution in [0, 0.1) is 6.92 Å². The van der Waals surface area contributed by atoms with Crippen LogP contribution >= 0.6 is 11.6 Å². The van der Waals surface area contributed by atoms with Crippen LogP contribution in [0.3, 0.4) is 0 Å². The standard InChI is InChI=1S/C18H25ClN4O3S/c1-4-23(5-2)27(25,26)15-7-8-17(19)16(13-15)18(24)21-9-6-11-22-12-10-20-14(22)3/h7-8,10,12-13H,4-6,9,11H2,1-3H3,(H,21,24). The van der Waals surface area contributed by atoms with Crippen molar-refractivity contribution in [3.05, 3.63) is 47.0 Å². The second-order valence-corrected chi connectivity index (χ2v) is 8.35. The summed E-state index contributed by atoms with van der Waals surface area (Å²) in [5.41, 5.74) is 0.156. The van der Waals surface area contributed by atoms with E-state index < -0.39 is 10.0 Å². The van der Waals surface area contributed by atoms with Crippen molar-refractivity contribution in [1.29, 1.82) is 0 Å². The number of carbonyl (C=O) groups excluding carboxylic acids is 1. The van der Waals surface area contributed by atoms with Gasteiger partial charge in [-0.15, -0.1) is 0 Å². The van der Waals surface area contributed by atoms with Gasteiger partial charge < -0.3 is 9.88 Å². The number of imidazole rings is 1. The van der Waals surface area contributed by atoms with Gasteiger partial charge in [0.25, 0.3) is 5.91 Å². The van der Waals surface area contributed by atoms with Gasteiger partial charge in [0, 0.05) is 38.6 Å². The number of aromatic nitrogens is 2. The van der Waals surface area contributed by atoms with Crippen LogP contribution in [0.1, 0.15) is 36.5 Å². The molecule has 9 heteroatoms. The molecule has 0 aliphatic heterocycles. The summed E-state index contributed by atoms with van der Waals surface area (Å²) in [5, 5.41) is 3.01. The maximum absolute atomic E-state index is 12.6. The molecule has 0 atom stereocenters. The van der Waals surface area contributed by atoms with Crippen molar-refractivity contribution >= 4 is 27.5 Å². The second kappa shape index (κ2) is 9.34. The Kier molecular flexibility index (Phi) is 7.41. The summed E-state index contributed by atoms with van der Waals surface area (Å²) in [5.74, 6) is 0.526. The minimum atomic E-state index is -3.65. The van der Waals surface area contributed by atoms with Crippen LogP contribution in [0.15, 0.2) is 35.5 Å². The Morgan fingerprint density at radius 2 is 2.00 bits per heavy atom. The summed E-state index contributed by atoms with van der Waals surface area (Å²) in [6.45, 7) is 7.35. The molecule has 2 rings (SSSR count). The van der Waals surface area contributed by atoms with E-state index in [9.17, 15) is 13.2 Å². The topological polar surface area (TPSA) is 84.3 Å². The van der Waals surface area contributed by atoms with Crippen LogP contribution in [0.2, 0.25) is 5.02 Å². The fourth-order valence-corrected chi connectivity index (χ4v) is 4.43. The van der Waals surface area contributed by atoms with E-state index in [-0.39, 0.29) is 21.4 Å². The molecular formula is C18H25ClN4O3S. The van der Waals surface area contributed by atoms with E-state index in [0.29, 0.717) is 19.6 Å². The van der Waals surface area contributed by atoms with Gasteiger partial charge in [-0.3, -0.25) is 4.79 Å². The molecule has 0 radical (unpaired) electrons. The summed E-state index contributed by atoms with van der Waals surface area (Å²) in [4.78, 5) is 16.7. The molecule has 148 valence electrons. The first-order valence-corrected chi connectivity index (χ1v) is 10.7. The number of carbonyl (C=O) groups is 1. The fraction of sp³-hybridized carbons (Fsp3) is 0.444. The van der Waals surface area contributed by atoms with E-state index in [1.807, 2.05) is 17.7 Å². The average molecular weight is 413 g/mol. The van der Waals surface area contributed by atoms with Gasteiger partial charge in [0.2, 0.25) is 10.0 Å². The number of sulfonamides is 1. The number of hydrogen-bond donors (Lipinski definition) is 1. The highest BCUT2D eigenvalue weighted by atomic mass is 35.5. The summed E-state index contributed by atoms with van der Waals surface area (Å²) < 4.78 is 28.6. The molecule has 0 spiro atoms. The molecule has 0 saturated heterocycles. The molecule has 0 fully saturated rings. The third-order valence-electron chi connectivity index (χ3n) is 4.31. The number of rotatable bonds is 9. The molecule has 0 unspecified atom stereocenters. The van der Waals surface area contributed by atoms with Crippen molar-refractivity contribution in [3.8, 4) is 0 Å². The van der Waals surface area contributed by atoms with Gasteiger partial charge in [0.05, 0.1) is 15.5 Å². The summed E-state index contributed by atoms with van der Waals surface area (Å²) in [6.07, 6.45) is 4.34. The van der Waals surface area contributed by atoms with Crippen molar-refractivity contribution in [3.63, 3.8) is 0 Å². The van der Waals surface area contributed by atoms with Crippen LogP contribution in [0.25, 0.3) is 0 Å². The van der Waals surface area contributed by atoms with Crippen molar-refractivity contribution in [2.24, 2.45) is 0 Å². The lowest BCUT2D eigenvalue weighted by Gasteiger charge is -2.19. The maximum atomic E-state index is 12.6. The van der Waals surface area contributed by atoms with E-state index in [1.54, 1.807) is 20.0 Å². The zero-order chi connectivity index (χ0) is 20.0. The Hall–Kier alpha value is -1.90. The largest absolute Gasteiger partial charge is 0.352 e. The molecule has 7 nitrogen and oxygen atoms in total. The molecule has 0 aliphatic carbocycles. The lowest BCUT2D eigenvalue weighted by atomic mass is 10.2. The van der Waals surface area contributed by atoms with Crippen LogP contribution in [0.4, 0.5) is 0 Å². The molecule has 1 N–H and O–H groups in total. The minimum absolute atomic E-state index is 0.0646. The van der Waals surface area contributed by atoms with Crippen LogP contribution in [-0.2, 0) is 16.6 Å². The highest BCUT2D eigenvalue weighted by Crippen LogP contribution is 2.23. The first-order chi connectivity index (χ1) is 12.8. The Balaban J connectivity index is 2.06. The quantitative estimate of drug-likeness (QED) is 0.642. The highest BCUT2D eigenvalue weighted by molar-refractivity contribution is 7.89. The second-order valence-electron chi connectivity index (χ2n) is 6.01. The summed E-state index contributed by atoms with van der Waals surface area (Å²) in [6, 6.07) is 4.21. The molecule has 0 bridgehead atoms. The van der Waals surface area contributed by atoms with Gasteiger partial charge in [0.1, 0.15) is 5.82 Å². The number of halogens is 1. The average Bonchev–Trinajstić information content (AvgIpc) is 3.04. The van der Waals surface area contributed by atoms with Crippen LogP contribution < -0.4 is 5.32 Å². The van der Waals surface area contributed by atoms with Crippen molar-refractivity contribution in [1.82, 2.24) is 19.2 Å². The first kappa shape index (κ1) is 21.4. The molecule has 0 aliphatic rings. The number of benzene rings is 1. The summed E-state index contributed by atoms with van der Waals surface area (Å²) in [7, 11) is -3.65. The third-order valence-corrected chi connectivity index (χ3v) is 6.69. The molecule has 27 heavy (non-hydrogen) atoms. The Labute approximate surface area is 165 Å². The van der Waals surface area contributed by atoms with Crippen LogP contribution in [-0.4, -0.2) is 47.8 Å². The maximum Gasteiger partial charge on any atom is 0.252 e. The molecule has 2 aromatic rings.